The van der Waals surface area contributed by atoms with Crippen LogP contribution in [0.15, 0.2) is 12.1 Å². The third kappa shape index (κ3) is 3.40. The number of carbonyl (C=O) groups is 1. The molecule has 0 bridgehead atoms. The van der Waals surface area contributed by atoms with Gasteiger partial charge in [-0.1, -0.05) is 0 Å². The molecule has 20 heavy (non-hydrogen) atoms. The van der Waals surface area contributed by atoms with Crippen LogP contribution in [0.3, 0.4) is 0 Å². The van der Waals surface area contributed by atoms with Gasteiger partial charge in [0, 0.05) is 11.6 Å². The number of non-ortho nitro benzene ring substituents is 1. The molecular weight excluding hydrogens is 270 g/mol. The minimum Gasteiger partial charge on any atom is -0.502 e. The smallest absolute Gasteiger partial charge is 0.318 e. The topological polar surface area (TPSA) is 136 Å². The number of benzene rings is 1. The predicted octanol–water partition coefficient (Wildman–Crippen LogP) is 1.74. The number of carbonyl (C=O) groups excluding carboxylic acids is 1. The molecule has 0 spiro atoms. The molecule has 1 aromatic carbocycles. The summed E-state index contributed by atoms with van der Waals surface area (Å²) in [5.74, 6) is -1.73. The lowest BCUT2D eigenvalue weighted by atomic mass is 10.1. The van der Waals surface area contributed by atoms with Crippen LogP contribution < -0.4 is 5.32 Å². The highest BCUT2D eigenvalue weighted by atomic mass is 16.6. The van der Waals surface area contributed by atoms with Crippen molar-refractivity contribution in [3.8, 4) is 5.75 Å². The summed E-state index contributed by atoms with van der Waals surface area (Å²) in [7, 11) is 0. The molecule has 0 aliphatic rings. The van der Waals surface area contributed by atoms with Gasteiger partial charge in [-0.05, 0) is 20.8 Å². The first-order valence-electron chi connectivity index (χ1n) is 5.51. The van der Waals surface area contributed by atoms with Crippen LogP contribution in [0.25, 0.3) is 0 Å². The van der Waals surface area contributed by atoms with Crippen molar-refractivity contribution in [1.82, 2.24) is 5.32 Å². The average molecular weight is 283 g/mol. The Morgan fingerprint density at radius 3 is 2.15 bits per heavy atom. The minimum atomic E-state index is -0.990. The molecule has 0 unspecified atom stereocenters. The summed E-state index contributed by atoms with van der Waals surface area (Å²) in [5.41, 5.74) is -2.71. The number of rotatable bonds is 3. The van der Waals surface area contributed by atoms with Crippen LogP contribution in [0.5, 0.6) is 5.75 Å². The second-order valence-electron chi connectivity index (χ2n) is 5.08. The number of phenolic OH excluding ortho intramolecular Hbond substituents is 1. The largest absolute Gasteiger partial charge is 0.502 e. The first kappa shape index (κ1) is 15.3. The van der Waals surface area contributed by atoms with Crippen LogP contribution in [0.2, 0.25) is 0 Å². The van der Waals surface area contributed by atoms with Crippen molar-refractivity contribution in [2.45, 2.75) is 26.3 Å². The lowest BCUT2D eigenvalue weighted by Crippen LogP contribution is -2.40. The van der Waals surface area contributed by atoms with E-state index in [9.17, 15) is 30.1 Å². The first-order chi connectivity index (χ1) is 9.03. The summed E-state index contributed by atoms with van der Waals surface area (Å²) in [6.07, 6.45) is 0. The van der Waals surface area contributed by atoms with Crippen molar-refractivity contribution >= 4 is 17.3 Å². The van der Waals surface area contributed by atoms with Crippen LogP contribution in [0.4, 0.5) is 11.4 Å². The Morgan fingerprint density at radius 2 is 1.75 bits per heavy atom. The standard InChI is InChI=1S/C11H13N3O6/c1-11(2,3)12-10(16)7-4-6(13(17)18)5-8(9(7)15)14(19)20/h4-5,15H,1-3H3,(H,12,16). The van der Waals surface area contributed by atoms with Crippen LogP contribution in [-0.2, 0) is 0 Å². The number of nitrogens with zero attached hydrogens (tertiary/aromatic N) is 2. The van der Waals surface area contributed by atoms with E-state index in [4.69, 9.17) is 0 Å². The molecule has 108 valence electrons. The summed E-state index contributed by atoms with van der Waals surface area (Å²) in [5, 5.41) is 33.6. The van der Waals surface area contributed by atoms with Gasteiger partial charge in [0.15, 0.2) is 0 Å². The van der Waals surface area contributed by atoms with E-state index in [0.29, 0.717) is 6.07 Å². The summed E-state index contributed by atoms with van der Waals surface area (Å²) in [4.78, 5) is 31.5. The predicted molar refractivity (Wildman–Crippen MR) is 68.6 cm³/mol. The van der Waals surface area contributed by atoms with Crippen LogP contribution in [0, 0.1) is 20.2 Å². The van der Waals surface area contributed by atoms with E-state index in [1.165, 1.54) is 0 Å². The van der Waals surface area contributed by atoms with Crippen LogP contribution >= 0.6 is 0 Å². The van der Waals surface area contributed by atoms with Gasteiger partial charge in [0.1, 0.15) is 0 Å². The highest BCUT2D eigenvalue weighted by Gasteiger charge is 2.28. The van der Waals surface area contributed by atoms with E-state index < -0.39 is 44.0 Å². The Labute approximate surface area is 113 Å². The normalized spacial score (nSPS) is 10.9. The van der Waals surface area contributed by atoms with Gasteiger partial charge in [-0.3, -0.25) is 25.0 Å². The maximum atomic E-state index is 11.9. The fourth-order valence-electron chi connectivity index (χ4n) is 1.43. The number of amides is 1. The Hall–Kier alpha value is -2.71. The SMILES string of the molecule is CC(C)(C)NC(=O)c1cc([N+](=O)[O-])cc([N+](=O)[O-])c1O. The highest BCUT2D eigenvalue weighted by Crippen LogP contribution is 2.34. The lowest BCUT2D eigenvalue weighted by molar-refractivity contribution is -0.394. The number of nitrogens with one attached hydrogen (secondary N) is 1. The monoisotopic (exact) mass is 283 g/mol. The number of hydrogen-bond acceptors (Lipinski definition) is 6. The van der Waals surface area contributed by atoms with Gasteiger partial charge in [0.05, 0.1) is 21.5 Å². The number of aromatic hydroxyl groups is 1. The Kier molecular flexibility index (Phi) is 3.92. The van der Waals surface area contributed by atoms with Gasteiger partial charge in [-0.2, -0.15) is 0 Å². The summed E-state index contributed by atoms with van der Waals surface area (Å²) in [6.45, 7) is 4.98. The van der Waals surface area contributed by atoms with E-state index in [1.807, 2.05) is 0 Å². The Morgan fingerprint density at radius 1 is 1.20 bits per heavy atom. The molecule has 0 saturated carbocycles. The van der Waals surface area contributed by atoms with Crippen molar-refractivity contribution in [3.05, 3.63) is 37.9 Å². The molecule has 0 aromatic heterocycles. The molecule has 0 atom stereocenters. The molecular formula is C11H13N3O6. The fourth-order valence-corrected chi connectivity index (χ4v) is 1.43. The van der Waals surface area contributed by atoms with E-state index in [2.05, 4.69) is 5.32 Å². The van der Waals surface area contributed by atoms with Crippen LogP contribution in [0.1, 0.15) is 31.1 Å². The number of hydrogen-bond donors (Lipinski definition) is 2. The molecule has 0 heterocycles. The van der Waals surface area contributed by atoms with E-state index in [0.717, 1.165) is 6.07 Å². The Bertz CT molecular complexity index is 591. The maximum Gasteiger partial charge on any atom is 0.318 e. The zero-order valence-corrected chi connectivity index (χ0v) is 11.0. The molecule has 9 heteroatoms. The van der Waals surface area contributed by atoms with Gasteiger partial charge < -0.3 is 10.4 Å². The molecule has 1 amide bonds. The van der Waals surface area contributed by atoms with Crippen molar-refractivity contribution < 1.29 is 19.7 Å². The van der Waals surface area contributed by atoms with E-state index >= 15 is 0 Å². The summed E-state index contributed by atoms with van der Waals surface area (Å²) in [6, 6.07) is 1.40. The molecule has 2 N–H and O–H groups in total. The summed E-state index contributed by atoms with van der Waals surface area (Å²) < 4.78 is 0. The van der Waals surface area contributed by atoms with E-state index in [-0.39, 0.29) is 0 Å². The molecule has 0 radical (unpaired) electrons. The molecule has 0 fully saturated rings. The van der Waals surface area contributed by atoms with Gasteiger partial charge >= 0.3 is 5.69 Å². The third-order valence-electron chi connectivity index (χ3n) is 2.22. The van der Waals surface area contributed by atoms with Gasteiger partial charge in [-0.25, -0.2) is 0 Å². The average Bonchev–Trinajstić information content (AvgIpc) is 2.25. The molecule has 0 aliphatic heterocycles. The van der Waals surface area contributed by atoms with Crippen molar-refractivity contribution in [3.63, 3.8) is 0 Å². The number of phenols is 1. The Balaban J connectivity index is 3.41. The maximum absolute atomic E-state index is 11.9. The van der Waals surface area contributed by atoms with Gasteiger partial charge in [-0.15, -0.1) is 0 Å². The van der Waals surface area contributed by atoms with Gasteiger partial charge in [0.2, 0.25) is 5.75 Å². The fraction of sp³-hybridized carbons (Fsp3) is 0.364. The van der Waals surface area contributed by atoms with E-state index in [1.54, 1.807) is 20.8 Å². The highest BCUT2D eigenvalue weighted by molar-refractivity contribution is 5.99. The summed E-state index contributed by atoms with van der Waals surface area (Å²) >= 11 is 0. The number of nitro groups is 2. The molecule has 0 aliphatic carbocycles. The molecule has 0 saturated heterocycles. The van der Waals surface area contributed by atoms with Crippen molar-refractivity contribution in [2.75, 3.05) is 0 Å². The van der Waals surface area contributed by atoms with Crippen LogP contribution in [-0.4, -0.2) is 26.4 Å². The second kappa shape index (κ2) is 5.11. The molecule has 9 nitrogen and oxygen atoms in total. The zero-order chi connectivity index (χ0) is 15.7. The second-order valence-corrected chi connectivity index (χ2v) is 5.08. The zero-order valence-electron chi connectivity index (χ0n) is 11.0. The van der Waals surface area contributed by atoms with Crippen molar-refractivity contribution in [1.29, 1.82) is 0 Å². The molecule has 1 aromatic rings. The first-order valence-corrected chi connectivity index (χ1v) is 5.51. The lowest BCUT2D eigenvalue weighted by Gasteiger charge is -2.20. The molecule has 1 rings (SSSR count). The van der Waals surface area contributed by atoms with Gasteiger partial charge in [0.25, 0.3) is 11.6 Å². The quantitative estimate of drug-likeness (QED) is 0.640. The number of nitro benzene ring substituents is 2. The third-order valence-corrected chi connectivity index (χ3v) is 2.22. The minimum absolute atomic E-state index is 0.513. The van der Waals surface area contributed by atoms with Crippen molar-refractivity contribution in [2.24, 2.45) is 0 Å².